The van der Waals surface area contributed by atoms with Gasteiger partial charge in [-0.3, -0.25) is 9.29 Å². The van der Waals surface area contributed by atoms with Gasteiger partial charge < -0.3 is 0 Å². The molecule has 0 fully saturated rings. The van der Waals surface area contributed by atoms with Crippen LogP contribution in [-0.2, 0) is 10.0 Å². The Bertz CT molecular complexity index is 1350. The minimum Gasteiger partial charge on any atom is -0.263 e. The molecule has 3 aromatic heterocycles. The van der Waals surface area contributed by atoms with Gasteiger partial charge in [-0.25, -0.2) is 8.42 Å². The summed E-state index contributed by atoms with van der Waals surface area (Å²) in [4.78, 5) is 3.80. The molecule has 0 bridgehead atoms. The highest BCUT2D eigenvalue weighted by molar-refractivity contribution is 7.93. The molecule has 8 nitrogen and oxygen atoms in total. The predicted molar refractivity (Wildman–Crippen MR) is 118 cm³/mol. The maximum Gasteiger partial charge on any atom is 0.389 e. The third-order valence-corrected chi connectivity index (χ3v) is 8.29. The number of pyridine rings is 1. The lowest BCUT2D eigenvalue weighted by atomic mass is 10.2. The number of alkyl halides is 3. The van der Waals surface area contributed by atoms with E-state index in [1.165, 1.54) is 34.1 Å². The molecule has 0 aliphatic carbocycles. The first-order valence-electron chi connectivity index (χ1n) is 9.94. The summed E-state index contributed by atoms with van der Waals surface area (Å²) < 4.78 is 67.7. The molecule has 0 unspecified atom stereocenters. The Hall–Kier alpha value is -3.06. The number of benzene rings is 1. The summed E-state index contributed by atoms with van der Waals surface area (Å²) in [6, 6.07) is 8.91. The summed E-state index contributed by atoms with van der Waals surface area (Å²) in [6.45, 7) is 1.68. The number of fused-ring (bicyclic) bond motifs is 1. The average Bonchev–Trinajstić information content (AvgIpc) is 3.42. The lowest BCUT2D eigenvalue weighted by molar-refractivity contribution is -0.135. The van der Waals surface area contributed by atoms with Crippen LogP contribution in [0.25, 0.3) is 21.5 Å². The zero-order valence-electron chi connectivity index (χ0n) is 17.4. The van der Waals surface area contributed by atoms with Crippen LogP contribution in [-0.4, -0.2) is 46.7 Å². The fourth-order valence-corrected chi connectivity index (χ4v) is 6.62. The minimum absolute atomic E-state index is 0.0320. The number of sulfonamides is 1. The molecule has 0 radical (unpaired) electrons. The number of tetrazole rings is 1. The normalized spacial score (nSPS) is 12.4. The van der Waals surface area contributed by atoms with Gasteiger partial charge in [0.2, 0.25) is 5.82 Å². The molecule has 4 rings (SSSR count). The van der Waals surface area contributed by atoms with Crippen LogP contribution >= 0.6 is 11.3 Å². The molecule has 33 heavy (non-hydrogen) atoms. The van der Waals surface area contributed by atoms with Gasteiger partial charge in [0.05, 0.1) is 0 Å². The summed E-state index contributed by atoms with van der Waals surface area (Å²) in [5.41, 5.74) is 0.929. The Morgan fingerprint density at radius 1 is 1.15 bits per heavy atom. The van der Waals surface area contributed by atoms with Crippen LogP contribution in [0, 0.1) is 6.92 Å². The van der Waals surface area contributed by atoms with Gasteiger partial charge in [0.15, 0.2) is 0 Å². The highest BCUT2D eigenvalue weighted by atomic mass is 32.2. The smallest absolute Gasteiger partial charge is 0.263 e. The second-order valence-electron chi connectivity index (χ2n) is 7.29. The van der Waals surface area contributed by atoms with Gasteiger partial charge in [0, 0.05) is 35.6 Å². The molecule has 0 atom stereocenters. The first-order valence-corrected chi connectivity index (χ1v) is 12.2. The van der Waals surface area contributed by atoms with E-state index in [9.17, 15) is 21.6 Å². The summed E-state index contributed by atoms with van der Waals surface area (Å²) in [5.74, 6) is 0.0704. The van der Waals surface area contributed by atoms with E-state index < -0.39 is 22.6 Å². The van der Waals surface area contributed by atoms with Gasteiger partial charge in [0.25, 0.3) is 10.0 Å². The summed E-state index contributed by atoms with van der Waals surface area (Å²) in [5, 5.41) is 14.8. The Morgan fingerprint density at radius 3 is 2.64 bits per heavy atom. The second kappa shape index (κ2) is 9.06. The van der Waals surface area contributed by atoms with Crippen molar-refractivity contribution in [3.63, 3.8) is 0 Å². The van der Waals surface area contributed by atoms with Crippen molar-refractivity contribution >= 4 is 36.4 Å². The molecule has 0 saturated carbocycles. The zero-order chi connectivity index (χ0) is 23.6. The summed E-state index contributed by atoms with van der Waals surface area (Å²) >= 11 is 1.27. The van der Waals surface area contributed by atoms with Crippen molar-refractivity contribution in [1.29, 1.82) is 0 Å². The monoisotopic (exact) mass is 496 g/mol. The molecule has 0 aliphatic heterocycles. The Balaban J connectivity index is 1.78. The highest BCUT2D eigenvalue weighted by Crippen LogP contribution is 2.41. The van der Waals surface area contributed by atoms with Crippen molar-refractivity contribution in [3.8, 4) is 11.4 Å². The van der Waals surface area contributed by atoms with E-state index in [1.807, 2.05) is 24.3 Å². The summed E-state index contributed by atoms with van der Waals surface area (Å²) in [6.07, 6.45) is -2.84. The molecular formula is C20H19F3N6O2S2. The molecule has 3 heterocycles. The number of aromatic nitrogens is 5. The number of rotatable bonds is 8. The topological polar surface area (TPSA) is 105 Å². The quantitative estimate of drug-likeness (QED) is 0.354. The number of aromatic amines is 1. The molecule has 4 aromatic rings. The number of halogens is 3. The molecule has 174 valence electrons. The van der Waals surface area contributed by atoms with Crippen LogP contribution in [0.4, 0.5) is 18.2 Å². The predicted octanol–water partition coefficient (Wildman–Crippen LogP) is 4.71. The molecule has 1 N–H and O–H groups in total. The minimum atomic E-state index is -4.30. The average molecular weight is 497 g/mol. The molecule has 0 aliphatic rings. The van der Waals surface area contributed by atoms with Gasteiger partial charge in [-0.1, -0.05) is 18.2 Å². The maximum atomic E-state index is 13.9. The first-order chi connectivity index (χ1) is 15.7. The van der Waals surface area contributed by atoms with Crippen molar-refractivity contribution in [3.05, 3.63) is 48.3 Å². The van der Waals surface area contributed by atoms with Crippen LogP contribution in [0.15, 0.2) is 47.6 Å². The molecule has 0 spiro atoms. The van der Waals surface area contributed by atoms with E-state index in [2.05, 4.69) is 25.6 Å². The van der Waals surface area contributed by atoms with Gasteiger partial charge in [-0.05, 0) is 48.1 Å². The number of nitrogens with zero attached hydrogens (tertiary/aromatic N) is 5. The lowest BCUT2D eigenvalue weighted by Crippen LogP contribution is -2.32. The van der Waals surface area contributed by atoms with Crippen molar-refractivity contribution in [2.24, 2.45) is 0 Å². The third-order valence-electron chi connectivity index (χ3n) is 5.06. The maximum absolute atomic E-state index is 13.9. The van der Waals surface area contributed by atoms with E-state index in [0.29, 0.717) is 5.00 Å². The second-order valence-corrected chi connectivity index (χ2v) is 10.1. The van der Waals surface area contributed by atoms with E-state index >= 15 is 0 Å². The highest BCUT2D eigenvalue weighted by Gasteiger charge is 2.32. The first kappa shape index (κ1) is 23.1. The van der Waals surface area contributed by atoms with Gasteiger partial charge in [-0.2, -0.15) is 18.4 Å². The van der Waals surface area contributed by atoms with E-state index in [-0.39, 0.29) is 35.7 Å². The third kappa shape index (κ3) is 4.83. The summed E-state index contributed by atoms with van der Waals surface area (Å²) in [7, 11) is -4.22. The van der Waals surface area contributed by atoms with E-state index in [0.717, 1.165) is 15.6 Å². The number of hydrogen-bond acceptors (Lipinski definition) is 7. The van der Waals surface area contributed by atoms with Crippen LogP contribution in [0.3, 0.4) is 0 Å². The van der Waals surface area contributed by atoms with E-state index in [1.54, 1.807) is 6.92 Å². The van der Waals surface area contributed by atoms with Crippen molar-refractivity contribution in [2.75, 3.05) is 10.8 Å². The van der Waals surface area contributed by atoms with Gasteiger partial charge in [-0.15, -0.1) is 21.5 Å². The molecule has 13 heteroatoms. The largest absolute Gasteiger partial charge is 0.389 e. The van der Waals surface area contributed by atoms with Crippen molar-refractivity contribution < 1.29 is 21.6 Å². The zero-order valence-corrected chi connectivity index (χ0v) is 19.0. The Labute approximate surface area is 191 Å². The van der Waals surface area contributed by atoms with Crippen molar-refractivity contribution in [2.45, 2.75) is 37.3 Å². The fraction of sp³-hybridized carbons (Fsp3) is 0.300. The van der Waals surface area contributed by atoms with Crippen LogP contribution in [0.2, 0.25) is 0 Å². The van der Waals surface area contributed by atoms with Gasteiger partial charge >= 0.3 is 6.18 Å². The molecule has 1 aromatic carbocycles. The number of nitrogens with one attached hydrogen (secondary N) is 1. The van der Waals surface area contributed by atoms with E-state index in [4.69, 9.17) is 0 Å². The van der Waals surface area contributed by atoms with Crippen molar-refractivity contribution in [1.82, 2.24) is 25.6 Å². The molecular weight excluding hydrogens is 477 g/mol. The fourth-order valence-electron chi connectivity index (χ4n) is 3.48. The van der Waals surface area contributed by atoms with Crippen LogP contribution in [0.1, 0.15) is 24.8 Å². The Morgan fingerprint density at radius 2 is 1.94 bits per heavy atom. The Kier molecular flexibility index (Phi) is 6.34. The number of hydrogen-bond donors (Lipinski definition) is 1. The van der Waals surface area contributed by atoms with Gasteiger partial charge in [0.1, 0.15) is 9.90 Å². The number of anilines is 1. The number of thiophene rings is 1. The van der Waals surface area contributed by atoms with Crippen LogP contribution in [0.5, 0.6) is 0 Å². The SMILES string of the molecule is Cc1c(N(CCCCC(F)(F)F)S(=O)(=O)c2cnccc2-c2nn[nH]n2)sc2ccccc12. The lowest BCUT2D eigenvalue weighted by Gasteiger charge is -2.24. The molecule has 0 amide bonds. The number of unbranched alkanes of at least 4 members (excludes halogenated alkanes) is 1. The van der Waals surface area contributed by atoms with Crippen LogP contribution < -0.4 is 4.31 Å². The molecule has 0 saturated heterocycles. The number of H-pyrrole nitrogens is 1. The number of aryl methyl sites for hydroxylation is 1. The standard InChI is InChI=1S/C20H19F3N6O2S2/c1-13-14-6-2-3-7-16(14)32-19(13)29(11-5-4-9-20(21,22)23)33(30,31)17-12-24-10-8-15(17)18-25-27-28-26-18/h2-3,6-8,10,12H,4-5,9,11H2,1H3,(H,25,26,27,28).